The molecule has 0 fully saturated rings. The Hall–Kier alpha value is -5.61. The summed E-state index contributed by atoms with van der Waals surface area (Å²) in [6, 6.07) is 43.3. The third kappa shape index (κ3) is 8.28. The van der Waals surface area contributed by atoms with Gasteiger partial charge in [-0.3, -0.25) is 0 Å². The Labute approximate surface area is 291 Å². The standard InChI is InChI=1S/C45H44N2O2/c1-32(2)45(48)49-31-37-14-24-40(25-15-37)46(30-36-12-6-33(3)7-13-36)41-26-16-38(17-27-41)39-18-28-44(29-19-39)47(42-20-8-34(4)9-21-42)43-22-10-35(5)11-23-43/h6-10,12-29,35H,1,11,30-31H2,2-5H3. The lowest BCUT2D eigenvalue weighted by molar-refractivity contribution is -0.140. The minimum Gasteiger partial charge on any atom is -0.457 e. The van der Waals surface area contributed by atoms with Crippen molar-refractivity contribution < 1.29 is 9.53 Å². The van der Waals surface area contributed by atoms with Gasteiger partial charge in [0.15, 0.2) is 0 Å². The molecule has 0 radical (unpaired) electrons. The fourth-order valence-corrected chi connectivity index (χ4v) is 5.91. The number of hydrogen-bond donors (Lipinski definition) is 0. The van der Waals surface area contributed by atoms with E-state index in [9.17, 15) is 4.79 Å². The summed E-state index contributed by atoms with van der Waals surface area (Å²) in [6.07, 6.45) is 7.92. The molecular formula is C45H44N2O2. The Morgan fingerprint density at radius 3 is 1.67 bits per heavy atom. The number of aryl methyl sites for hydroxylation is 2. The lowest BCUT2D eigenvalue weighted by Gasteiger charge is -2.28. The van der Waals surface area contributed by atoms with Gasteiger partial charge in [0.05, 0.1) is 0 Å². The number of carbonyl (C=O) groups excluding carboxylic acids is 1. The topological polar surface area (TPSA) is 32.8 Å². The summed E-state index contributed by atoms with van der Waals surface area (Å²) in [7, 11) is 0. The molecule has 1 atom stereocenters. The first-order valence-electron chi connectivity index (χ1n) is 16.9. The van der Waals surface area contributed by atoms with Gasteiger partial charge in [0.25, 0.3) is 0 Å². The maximum atomic E-state index is 11.9. The molecule has 49 heavy (non-hydrogen) atoms. The van der Waals surface area contributed by atoms with Crippen LogP contribution < -0.4 is 9.80 Å². The predicted molar refractivity (Wildman–Crippen MR) is 204 cm³/mol. The Kier molecular flexibility index (Phi) is 10.2. The monoisotopic (exact) mass is 644 g/mol. The van der Waals surface area contributed by atoms with E-state index in [1.807, 2.05) is 12.1 Å². The molecular weight excluding hydrogens is 601 g/mol. The van der Waals surface area contributed by atoms with Gasteiger partial charge in [0.1, 0.15) is 6.61 Å². The van der Waals surface area contributed by atoms with Gasteiger partial charge in [-0.05, 0) is 110 Å². The molecule has 4 nitrogen and oxygen atoms in total. The fourth-order valence-electron chi connectivity index (χ4n) is 5.91. The predicted octanol–water partition coefficient (Wildman–Crippen LogP) is 11.5. The summed E-state index contributed by atoms with van der Waals surface area (Å²) >= 11 is 0. The molecule has 0 saturated carbocycles. The van der Waals surface area contributed by atoms with Crippen molar-refractivity contribution in [3.8, 4) is 11.1 Å². The van der Waals surface area contributed by atoms with Crippen LogP contribution in [0.25, 0.3) is 11.1 Å². The summed E-state index contributed by atoms with van der Waals surface area (Å²) < 4.78 is 5.36. The number of esters is 1. The zero-order chi connectivity index (χ0) is 34.3. The third-order valence-corrected chi connectivity index (χ3v) is 8.91. The molecule has 0 spiro atoms. The SMILES string of the molecule is C=C(C)C(=O)OCc1ccc(N(Cc2ccc(C)cc2)c2ccc(-c3ccc(N(C4=CCC(C)C=C4)c4ccc(C)cc4)cc3)cc2)cc1. The van der Waals surface area contributed by atoms with Crippen molar-refractivity contribution in [3.63, 3.8) is 0 Å². The van der Waals surface area contributed by atoms with Crippen LogP contribution in [0.1, 0.15) is 42.5 Å². The molecule has 4 heteroatoms. The minimum atomic E-state index is -0.378. The van der Waals surface area contributed by atoms with Crippen LogP contribution in [0.4, 0.5) is 22.7 Å². The molecule has 0 amide bonds. The largest absolute Gasteiger partial charge is 0.457 e. The molecule has 0 N–H and O–H groups in total. The van der Waals surface area contributed by atoms with Gasteiger partial charge >= 0.3 is 5.97 Å². The number of rotatable bonds is 11. The second-order valence-electron chi connectivity index (χ2n) is 13.1. The van der Waals surface area contributed by atoms with Crippen LogP contribution in [0.5, 0.6) is 0 Å². The van der Waals surface area contributed by atoms with Gasteiger partial charge in [-0.15, -0.1) is 0 Å². The summed E-state index contributed by atoms with van der Waals surface area (Å²) in [4.78, 5) is 16.5. The molecule has 5 aromatic carbocycles. The van der Waals surface area contributed by atoms with Crippen LogP contribution in [0.15, 0.2) is 157 Å². The van der Waals surface area contributed by atoms with Crippen LogP contribution in [0.2, 0.25) is 0 Å². The minimum absolute atomic E-state index is 0.216. The number of allylic oxidation sites excluding steroid dienone is 3. The van der Waals surface area contributed by atoms with Gasteiger partial charge < -0.3 is 14.5 Å². The Bertz CT molecular complexity index is 1950. The van der Waals surface area contributed by atoms with Crippen molar-refractivity contribution in [2.75, 3.05) is 9.80 Å². The van der Waals surface area contributed by atoms with E-state index in [0.29, 0.717) is 11.5 Å². The summed E-state index contributed by atoms with van der Waals surface area (Å²) in [5.41, 5.74) is 13.0. The van der Waals surface area contributed by atoms with E-state index in [0.717, 1.165) is 46.8 Å². The maximum absolute atomic E-state index is 11.9. The lowest BCUT2D eigenvalue weighted by Crippen LogP contribution is -2.17. The first kappa shape index (κ1) is 33.3. The van der Waals surface area contributed by atoms with E-state index in [-0.39, 0.29) is 12.6 Å². The first-order chi connectivity index (χ1) is 23.7. The van der Waals surface area contributed by atoms with E-state index in [1.54, 1.807) is 6.92 Å². The second-order valence-corrected chi connectivity index (χ2v) is 13.1. The van der Waals surface area contributed by atoms with Crippen molar-refractivity contribution in [2.45, 2.75) is 47.3 Å². The molecule has 6 rings (SSSR count). The molecule has 1 aliphatic rings. The van der Waals surface area contributed by atoms with Crippen molar-refractivity contribution in [1.82, 2.24) is 0 Å². The number of ether oxygens (including phenoxy) is 1. The van der Waals surface area contributed by atoms with E-state index >= 15 is 0 Å². The van der Waals surface area contributed by atoms with Crippen molar-refractivity contribution >= 4 is 28.7 Å². The Balaban J connectivity index is 1.25. The molecule has 0 saturated heterocycles. The number of nitrogens with zero attached hydrogens (tertiary/aromatic N) is 2. The van der Waals surface area contributed by atoms with Crippen LogP contribution >= 0.6 is 0 Å². The van der Waals surface area contributed by atoms with Gasteiger partial charge in [-0.25, -0.2) is 4.79 Å². The van der Waals surface area contributed by atoms with Gasteiger partial charge in [-0.2, -0.15) is 0 Å². The van der Waals surface area contributed by atoms with E-state index in [2.05, 4.69) is 165 Å². The number of hydrogen-bond acceptors (Lipinski definition) is 4. The van der Waals surface area contributed by atoms with Crippen LogP contribution in [0.3, 0.4) is 0 Å². The average Bonchev–Trinajstić information content (AvgIpc) is 3.13. The highest BCUT2D eigenvalue weighted by atomic mass is 16.5. The first-order valence-corrected chi connectivity index (χ1v) is 16.9. The van der Waals surface area contributed by atoms with E-state index in [4.69, 9.17) is 4.74 Å². The third-order valence-electron chi connectivity index (χ3n) is 8.91. The molecule has 1 aliphatic carbocycles. The second kappa shape index (κ2) is 15.1. The quantitative estimate of drug-likeness (QED) is 0.106. The van der Waals surface area contributed by atoms with E-state index in [1.165, 1.54) is 28.0 Å². The smallest absolute Gasteiger partial charge is 0.333 e. The van der Waals surface area contributed by atoms with Crippen LogP contribution in [0, 0.1) is 19.8 Å². The van der Waals surface area contributed by atoms with Crippen molar-refractivity contribution in [3.05, 3.63) is 180 Å². The van der Waals surface area contributed by atoms with Crippen LogP contribution in [-0.4, -0.2) is 5.97 Å². The molecule has 5 aromatic rings. The molecule has 1 unspecified atom stereocenters. The van der Waals surface area contributed by atoms with E-state index < -0.39 is 0 Å². The molecule has 0 aromatic heterocycles. The van der Waals surface area contributed by atoms with Crippen molar-refractivity contribution in [1.29, 1.82) is 0 Å². The molecule has 246 valence electrons. The van der Waals surface area contributed by atoms with Gasteiger partial charge in [0.2, 0.25) is 0 Å². The summed E-state index contributed by atoms with van der Waals surface area (Å²) in [5, 5.41) is 0. The Morgan fingerprint density at radius 1 is 0.694 bits per heavy atom. The summed E-state index contributed by atoms with van der Waals surface area (Å²) in [6.45, 7) is 12.7. The highest BCUT2D eigenvalue weighted by molar-refractivity contribution is 5.87. The average molecular weight is 645 g/mol. The highest BCUT2D eigenvalue weighted by Gasteiger charge is 2.17. The van der Waals surface area contributed by atoms with Gasteiger partial charge in [0, 0.05) is 40.6 Å². The fraction of sp³-hybridized carbons (Fsp3) is 0.178. The van der Waals surface area contributed by atoms with Gasteiger partial charge in [-0.1, -0.05) is 110 Å². The zero-order valence-corrected chi connectivity index (χ0v) is 28.9. The van der Waals surface area contributed by atoms with Crippen molar-refractivity contribution in [2.24, 2.45) is 5.92 Å². The molecule has 0 heterocycles. The van der Waals surface area contributed by atoms with Crippen LogP contribution in [-0.2, 0) is 22.7 Å². The lowest BCUT2D eigenvalue weighted by atomic mass is 10.00. The molecule has 0 bridgehead atoms. The number of carbonyl (C=O) groups is 1. The maximum Gasteiger partial charge on any atom is 0.333 e. The Morgan fingerprint density at radius 2 is 1.16 bits per heavy atom. The highest BCUT2D eigenvalue weighted by Crippen LogP contribution is 2.35. The summed E-state index contributed by atoms with van der Waals surface area (Å²) in [5.74, 6) is 0.177. The normalized spacial score (nSPS) is 13.8. The molecule has 0 aliphatic heterocycles. The number of anilines is 4. The number of benzene rings is 5. The zero-order valence-electron chi connectivity index (χ0n) is 28.9.